The lowest BCUT2D eigenvalue weighted by atomic mass is 9.87. The first-order valence-corrected chi connectivity index (χ1v) is 11.0. The minimum absolute atomic E-state index is 0.0862. The van der Waals surface area contributed by atoms with E-state index in [1.54, 1.807) is 24.3 Å². The second-order valence-electron chi connectivity index (χ2n) is 8.92. The van der Waals surface area contributed by atoms with Crippen molar-refractivity contribution in [3.8, 4) is 11.5 Å². The second-order valence-corrected chi connectivity index (χ2v) is 8.92. The Morgan fingerprint density at radius 3 is 2.44 bits per heavy atom. The molecule has 1 aliphatic rings. The lowest BCUT2D eigenvalue weighted by molar-refractivity contribution is 0.0731. The number of phenolic OH excluding ortho intramolecular Hbond substituents is 1. The number of aromatic hydroxyl groups is 1. The van der Waals surface area contributed by atoms with Crippen molar-refractivity contribution in [1.29, 1.82) is 0 Å². The summed E-state index contributed by atoms with van der Waals surface area (Å²) in [5.41, 5.74) is 9.28. The number of nitrogens with two attached hydrogens (primary N) is 1. The number of carbonyl (C=O) groups excluding carboxylic acids is 1. The molecule has 0 heterocycles. The molecule has 0 amide bonds. The van der Waals surface area contributed by atoms with Gasteiger partial charge in [-0.25, -0.2) is 4.79 Å². The van der Waals surface area contributed by atoms with Crippen LogP contribution in [-0.4, -0.2) is 11.1 Å². The van der Waals surface area contributed by atoms with Crippen LogP contribution < -0.4 is 10.5 Å². The fraction of sp³-hybridized carbons (Fsp3) is 0.321. The maximum atomic E-state index is 11.7. The van der Waals surface area contributed by atoms with E-state index in [1.807, 2.05) is 6.07 Å². The van der Waals surface area contributed by atoms with Gasteiger partial charge in [0.1, 0.15) is 17.1 Å². The number of benzene rings is 2. The fourth-order valence-corrected chi connectivity index (χ4v) is 3.17. The van der Waals surface area contributed by atoms with Gasteiger partial charge in [-0.3, -0.25) is 0 Å². The SMILES string of the molecule is CC1=CCCC(C)=CCC(C)(C)C=CC1.Nc1ccc(C(=O)Oc2ccccc2)c(O)c1. The first kappa shape index (κ1) is 25.0. The molecule has 4 nitrogen and oxygen atoms in total. The van der Waals surface area contributed by atoms with Crippen LogP contribution in [0.1, 0.15) is 63.7 Å². The summed E-state index contributed by atoms with van der Waals surface area (Å²) in [6, 6.07) is 12.9. The van der Waals surface area contributed by atoms with Crippen LogP contribution in [-0.2, 0) is 0 Å². The molecule has 0 unspecified atom stereocenters. The second kappa shape index (κ2) is 11.9. The summed E-state index contributed by atoms with van der Waals surface area (Å²) in [6.07, 6.45) is 14.1. The van der Waals surface area contributed by atoms with E-state index in [9.17, 15) is 9.90 Å². The Hall–Kier alpha value is -3.27. The summed E-state index contributed by atoms with van der Waals surface area (Å²) >= 11 is 0. The topological polar surface area (TPSA) is 72.6 Å². The number of hydrogen-bond donors (Lipinski definition) is 2. The zero-order valence-corrected chi connectivity index (χ0v) is 19.6. The summed E-state index contributed by atoms with van der Waals surface area (Å²) in [4.78, 5) is 11.7. The van der Waals surface area contributed by atoms with Crippen LogP contribution in [0.3, 0.4) is 0 Å². The average Bonchev–Trinajstić information content (AvgIpc) is 2.75. The number of hydrogen-bond acceptors (Lipinski definition) is 4. The highest BCUT2D eigenvalue weighted by Crippen LogP contribution is 2.26. The molecule has 0 fully saturated rings. The number of carbonyl (C=O) groups is 1. The monoisotopic (exact) mass is 433 g/mol. The summed E-state index contributed by atoms with van der Waals surface area (Å²) in [6.45, 7) is 9.10. The smallest absolute Gasteiger partial charge is 0.347 e. The highest BCUT2D eigenvalue weighted by molar-refractivity contribution is 5.94. The van der Waals surface area contributed by atoms with E-state index in [1.165, 1.54) is 42.2 Å². The number of allylic oxidation sites excluding steroid dienone is 6. The van der Waals surface area contributed by atoms with Gasteiger partial charge < -0.3 is 15.6 Å². The quantitative estimate of drug-likeness (QED) is 0.227. The molecule has 32 heavy (non-hydrogen) atoms. The standard InChI is InChI=1S/C15H24.C13H11NO3/c1-13-7-5-8-14(2)10-12-15(3,4)11-6-9-13;14-9-6-7-11(12(15)8-9)13(16)17-10-4-2-1-3-5-10/h6-7,10-11H,5,8-9,12H2,1-4H3;1-8,15H,14H2. The zero-order chi connectivity index (χ0) is 23.6. The number of rotatable bonds is 2. The molecule has 3 rings (SSSR count). The molecule has 170 valence electrons. The first-order valence-electron chi connectivity index (χ1n) is 11.0. The minimum atomic E-state index is -0.617. The highest BCUT2D eigenvalue weighted by Gasteiger charge is 2.13. The molecule has 2 aromatic rings. The van der Waals surface area contributed by atoms with E-state index in [-0.39, 0.29) is 11.3 Å². The summed E-state index contributed by atoms with van der Waals surface area (Å²) in [5.74, 6) is -0.381. The van der Waals surface area contributed by atoms with Gasteiger partial charge >= 0.3 is 5.97 Å². The average molecular weight is 434 g/mol. The maximum absolute atomic E-state index is 11.7. The largest absolute Gasteiger partial charge is 0.507 e. The predicted octanol–water partition coefficient (Wildman–Crippen LogP) is 7.23. The molecule has 4 heteroatoms. The summed E-state index contributed by atoms with van der Waals surface area (Å²) in [5, 5.41) is 9.56. The van der Waals surface area contributed by atoms with Crippen LogP contribution in [0.15, 0.2) is 84.0 Å². The number of anilines is 1. The Bertz CT molecular complexity index is 985. The summed E-state index contributed by atoms with van der Waals surface area (Å²) in [7, 11) is 0. The van der Waals surface area contributed by atoms with Crippen molar-refractivity contribution >= 4 is 11.7 Å². The van der Waals surface area contributed by atoms with Crippen LogP contribution >= 0.6 is 0 Å². The number of nitrogen functional groups attached to an aromatic ring is 1. The van der Waals surface area contributed by atoms with Crippen LogP contribution in [0.4, 0.5) is 5.69 Å². The molecule has 0 spiro atoms. The zero-order valence-electron chi connectivity index (χ0n) is 19.6. The predicted molar refractivity (Wildman–Crippen MR) is 133 cm³/mol. The third-order valence-corrected chi connectivity index (χ3v) is 5.21. The molecular formula is C28H35NO3. The number of para-hydroxylation sites is 1. The molecule has 0 bridgehead atoms. The summed E-state index contributed by atoms with van der Waals surface area (Å²) < 4.78 is 5.08. The van der Waals surface area contributed by atoms with Gasteiger partial charge in [-0.1, -0.05) is 67.5 Å². The molecule has 3 N–H and O–H groups in total. The van der Waals surface area contributed by atoms with Gasteiger partial charge in [0, 0.05) is 11.8 Å². The molecular weight excluding hydrogens is 398 g/mol. The Morgan fingerprint density at radius 2 is 1.75 bits per heavy atom. The van der Waals surface area contributed by atoms with Gasteiger partial charge in [-0.05, 0) is 69.2 Å². The molecule has 0 atom stereocenters. The minimum Gasteiger partial charge on any atom is -0.507 e. The van der Waals surface area contributed by atoms with Crippen LogP contribution in [0.2, 0.25) is 0 Å². The van der Waals surface area contributed by atoms with Crippen molar-refractivity contribution in [2.45, 2.75) is 53.4 Å². The molecule has 0 saturated heterocycles. The van der Waals surface area contributed by atoms with E-state index in [2.05, 4.69) is 52.0 Å². The van der Waals surface area contributed by atoms with Gasteiger partial charge in [0.25, 0.3) is 0 Å². The van der Waals surface area contributed by atoms with Crippen molar-refractivity contribution in [1.82, 2.24) is 0 Å². The van der Waals surface area contributed by atoms with E-state index in [4.69, 9.17) is 10.5 Å². The van der Waals surface area contributed by atoms with Crippen LogP contribution in [0.5, 0.6) is 11.5 Å². The van der Waals surface area contributed by atoms with Crippen molar-refractivity contribution in [2.24, 2.45) is 5.41 Å². The Balaban J connectivity index is 0.000000229. The number of esters is 1. The van der Waals surface area contributed by atoms with Crippen molar-refractivity contribution in [3.63, 3.8) is 0 Å². The lowest BCUT2D eigenvalue weighted by Gasteiger charge is -2.18. The fourth-order valence-electron chi connectivity index (χ4n) is 3.17. The number of phenols is 1. The molecule has 0 saturated carbocycles. The molecule has 0 aliphatic heterocycles. The van der Waals surface area contributed by atoms with E-state index in [0.29, 0.717) is 16.9 Å². The van der Waals surface area contributed by atoms with Gasteiger partial charge in [0.05, 0.1) is 0 Å². The van der Waals surface area contributed by atoms with Crippen molar-refractivity contribution < 1.29 is 14.6 Å². The van der Waals surface area contributed by atoms with Crippen molar-refractivity contribution in [3.05, 3.63) is 89.5 Å². The van der Waals surface area contributed by atoms with Crippen molar-refractivity contribution in [2.75, 3.05) is 5.73 Å². The first-order chi connectivity index (χ1) is 15.2. The van der Waals surface area contributed by atoms with Gasteiger partial charge in [-0.2, -0.15) is 0 Å². The molecule has 0 aromatic heterocycles. The van der Waals surface area contributed by atoms with E-state index < -0.39 is 5.97 Å². The maximum Gasteiger partial charge on any atom is 0.347 e. The molecule has 0 radical (unpaired) electrons. The van der Waals surface area contributed by atoms with Gasteiger partial charge in [0.2, 0.25) is 0 Å². The van der Waals surface area contributed by atoms with E-state index in [0.717, 1.165) is 12.8 Å². The normalized spacial score (nSPS) is 15.9. The molecule has 1 aliphatic carbocycles. The van der Waals surface area contributed by atoms with Gasteiger partial charge in [0.15, 0.2) is 0 Å². The lowest BCUT2D eigenvalue weighted by Crippen LogP contribution is -2.08. The van der Waals surface area contributed by atoms with Crippen LogP contribution in [0, 0.1) is 5.41 Å². The Labute approximate surface area is 192 Å². The highest BCUT2D eigenvalue weighted by atomic mass is 16.5. The Kier molecular flexibility index (Phi) is 9.33. The van der Waals surface area contributed by atoms with Gasteiger partial charge in [-0.15, -0.1) is 0 Å². The number of ether oxygens (including phenoxy) is 1. The third-order valence-electron chi connectivity index (χ3n) is 5.21. The molecule has 2 aromatic carbocycles. The Morgan fingerprint density at radius 1 is 1.03 bits per heavy atom. The van der Waals surface area contributed by atoms with Crippen LogP contribution in [0.25, 0.3) is 0 Å². The van der Waals surface area contributed by atoms with E-state index >= 15 is 0 Å². The third kappa shape index (κ3) is 8.84.